The Morgan fingerprint density at radius 2 is 2.00 bits per heavy atom. The Morgan fingerprint density at radius 3 is 2.81 bits per heavy atom. The van der Waals surface area contributed by atoms with E-state index in [9.17, 15) is 4.79 Å². The van der Waals surface area contributed by atoms with E-state index in [1.54, 1.807) is 13.3 Å². The van der Waals surface area contributed by atoms with E-state index in [1.807, 2.05) is 72.2 Å². The van der Waals surface area contributed by atoms with Crippen LogP contribution in [0.1, 0.15) is 25.3 Å². The van der Waals surface area contributed by atoms with E-state index in [2.05, 4.69) is 15.2 Å². The molecule has 2 aromatic heterocycles. The SMILES string of the molecule is CCOc1ccc(CNC(=O)[C@H]2CCCN(c3nccn4nc(-c5cccc(OC)c5)cc34)C2)cc1. The zero-order valence-electron chi connectivity index (χ0n) is 20.7. The van der Waals surface area contributed by atoms with Gasteiger partial charge in [0, 0.05) is 37.6 Å². The summed E-state index contributed by atoms with van der Waals surface area (Å²) in [5.41, 5.74) is 3.81. The second kappa shape index (κ2) is 10.7. The fraction of sp³-hybridized carbons (Fsp3) is 0.321. The summed E-state index contributed by atoms with van der Waals surface area (Å²) in [6.45, 7) is 4.58. The van der Waals surface area contributed by atoms with Crippen LogP contribution in [-0.2, 0) is 11.3 Å². The smallest absolute Gasteiger partial charge is 0.225 e. The van der Waals surface area contributed by atoms with Gasteiger partial charge in [-0.05, 0) is 55.7 Å². The Bertz CT molecular complexity index is 1330. The van der Waals surface area contributed by atoms with Crippen molar-refractivity contribution in [3.63, 3.8) is 0 Å². The van der Waals surface area contributed by atoms with Crippen molar-refractivity contribution in [2.75, 3.05) is 31.7 Å². The zero-order valence-corrected chi connectivity index (χ0v) is 20.7. The van der Waals surface area contributed by atoms with E-state index in [-0.39, 0.29) is 11.8 Å². The van der Waals surface area contributed by atoms with Gasteiger partial charge in [-0.25, -0.2) is 9.50 Å². The summed E-state index contributed by atoms with van der Waals surface area (Å²) in [5.74, 6) is 2.46. The van der Waals surface area contributed by atoms with Crippen molar-refractivity contribution in [1.82, 2.24) is 19.9 Å². The number of rotatable bonds is 8. The highest BCUT2D eigenvalue weighted by molar-refractivity contribution is 5.81. The van der Waals surface area contributed by atoms with Crippen LogP contribution in [0.15, 0.2) is 67.0 Å². The average molecular weight is 486 g/mol. The number of nitrogens with one attached hydrogen (secondary N) is 1. The topological polar surface area (TPSA) is 81.0 Å². The standard InChI is InChI=1S/C28H31N5O3/c1-3-36-23-11-9-20(10-12-23)18-30-28(34)22-7-5-14-32(19-22)27-26-17-25(31-33(26)15-13-29-27)21-6-4-8-24(16-21)35-2/h4,6,8-13,15-17,22H,3,5,7,14,18-19H2,1-2H3,(H,30,34)/t22-/m0/s1. The number of fused-ring (bicyclic) bond motifs is 1. The molecule has 1 aliphatic rings. The normalized spacial score (nSPS) is 15.6. The van der Waals surface area contributed by atoms with Crippen molar-refractivity contribution in [3.8, 4) is 22.8 Å². The van der Waals surface area contributed by atoms with Crippen LogP contribution in [0.25, 0.3) is 16.8 Å². The first kappa shape index (κ1) is 23.7. The number of hydrogen-bond donors (Lipinski definition) is 1. The maximum Gasteiger partial charge on any atom is 0.225 e. The maximum atomic E-state index is 13.0. The zero-order chi connectivity index (χ0) is 24.9. The van der Waals surface area contributed by atoms with Crippen molar-refractivity contribution in [1.29, 1.82) is 0 Å². The number of hydrogen-bond acceptors (Lipinski definition) is 6. The summed E-state index contributed by atoms with van der Waals surface area (Å²) in [6.07, 6.45) is 5.41. The van der Waals surface area contributed by atoms with Crippen LogP contribution in [0.4, 0.5) is 5.82 Å². The quantitative estimate of drug-likeness (QED) is 0.400. The highest BCUT2D eigenvalue weighted by Gasteiger charge is 2.27. The van der Waals surface area contributed by atoms with Crippen molar-refractivity contribution in [3.05, 3.63) is 72.6 Å². The summed E-state index contributed by atoms with van der Waals surface area (Å²) in [4.78, 5) is 19.9. The van der Waals surface area contributed by atoms with Gasteiger partial charge in [0.1, 0.15) is 17.0 Å². The van der Waals surface area contributed by atoms with Gasteiger partial charge in [-0.15, -0.1) is 0 Å². The molecule has 5 rings (SSSR count). The minimum Gasteiger partial charge on any atom is -0.497 e. The summed E-state index contributed by atoms with van der Waals surface area (Å²) in [5, 5.41) is 7.86. The molecule has 0 saturated carbocycles. The van der Waals surface area contributed by atoms with Crippen LogP contribution in [0.5, 0.6) is 11.5 Å². The first-order valence-electron chi connectivity index (χ1n) is 12.4. The molecular weight excluding hydrogens is 454 g/mol. The van der Waals surface area contributed by atoms with E-state index < -0.39 is 0 Å². The molecule has 8 heteroatoms. The highest BCUT2D eigenvalue weighted by atomic mass is 16.5. The Morgan fingerprint density at radius 1 is 1.14 bits per heavy atom. The number of piperidine rings is 1. The van der Waals surface area contributed by atoms with Crippen LogP contribution >= 0.6 is 0 Å². The van der Waals surface area contributed by atoms with E-state index in [1.165, 1.54) is 0 Å². The van der Waals surface area contributed by atoms with Gasteiger partial charge in [-0.3, -0.25) is 4.79 Å². The predicted molar refractivity (Wildman–Crippen MR) is 139 cm³/mol. The van der Waals surface area contributed by atoms with E-state index in [0.717, 1.165) is 59.0 Å². The lowest BCUT2D eigenvalue weighted by molar-refractivity contribution is -0.125. The number of methoxy groups -OCH3 is 1. The number of aromatic nitrogens is 3. The summed E-state index contributed by atoms with van der Waals surface area (Å²) in [7, 11) is 1.66. The Labute approximate surface area is 210 Å². The molecule has 1 N–H and O–H groups in total. The van der Waals surface area contributed by atoms with Crippen LogP contribution in [0, 0.1) is 5.92 Å². The van der Waals surface area contributed by atoms with Gasteiger partial charge in [0.2, 0.25) is 5.91 Å². The number of carbonyl (C=O) groups is 1. The Kier molecular flexibility index (Phi) is 7.02. The van der Waals surface area contributed by atoms with Crippen LogP contribution in [0.3, 0.4) is 0 Å². The second-order valence-corrected chi connectivity index (χ2v) is 8.92. The number of carbonyl (C=O) groups excluding carboxylic acids is 1. The molecule has 0 spiro atoms. The van der Waals surface area contributed by atoms with Gasteiger partial charge in [0.25, 0.3) is 0 Å². The van der Waals surface area contributed by atoms with Crippen molar-refractivity contribution in [2.24, 2.45) is 5.92 Å². The van der Waals surface area contributed by atoms with Crippen LogP contribution in [-0.4, -0.2) is 47.3 Å². The lowest BCUT2D eigenvalue weighted by atomic mass is 9.97. The number of nitrogens with zero attached hydrogens (tertiary/aromatic N) is 4. The third-order valence-corrected chi connectivity index (χ3v) is 6.53. The minimum absolute atomic E-state index is 0.0751. The number of benzene rings is 2. The fourth-order valence-electron chi connectivity index (χ4n) is 4.66. The highest BCUT2D eigenvalue weighted by Crippen LogP contribution is 2.29. The van der Waals surface area contributed by atoms with Gasteiger partial charge < -0.3 is 19.7 Å². The number of amides is 1. The minimum atomic E-state index is -0.0933. The van der Waals surface area contributed by atoms with Gasteiger partial charge in [-0.1, -0.05) is 24.3 Å². The summed E-state index contributed by atoms with van der Waals surface area (Å²) >= 11 is 0. The summed E-state index contributed by atoms with van der Waals surface area (Å²) < 4.78 is 12.7. The second-order valence-electron chi connectivity index (χ2n) is 8.92. The molecule has 1 aliphatic heterocycles. The third kappa shape index (κ3) is 5.12. The molecule has 1 amide bonds. The fourth-order valence-corrected chi connectivity index (χ4v) is 4.66. The predicted octanol–water partition coefficient (Wildman–Crippen LogP) is 4.34. The van der Waals surface area contributed by atoms with Crippen molar-refractivity contribution < 1.29 is 14.3 Å². The first-order valence-corrected chi connectivity index (χ1v) is 12.4. The van der Waals surface area contributed by atoms with Crippen molar-refractivity contribution >= 4 is 17.2 Å². The van der Waals surface area contributed by atoms with Gasteiger partial charge in [0.05, 0.1) is 25.3 Å². The Hall–Kier alpha value is -4.07. The third-order valence-electron chi connectivity index (χ3n) is 6.53. The number of ether oxygens (including phenoxy) is 2. The monoisotopic (exact) mass is 485 g/mol. The van der Waals surface area contributed by atoms with Crippen LogP contribution < -0.4 is 19.7 Å². The van der Waals surface area contributed by atoms with Gasteiger partial charge in [-0.2, -0.15) is 5.10 Å². The molecular formula is C28H31N5O3. The lowest BCUT2D eigenvalue weighted by Crippen LogP contribution is -2.43. The van der Waals surface area contributed by atoms with Gasteiger partial charge in [0.15, 0.2) is 5.82 Å². The molecule has 0 radical (unpaired) electrons. The lowest BCUT2D eigenvalue weighted by Gasteiger charge is -2.33. The van der Waals surface area contributed by atoms with Gasteiger partial charge >= 0.3 is 0 Å². The molecule has 0 bridgehead atoms. The maximum absolute atomic E-state index is 13.0. The number of anilines is 1. The molecule has 3 heterocycles. The molecule has 186 valence electrons. The Balaban J connectivity index is 1.29. The van der Waals surface area contributed by atoms with E-state index in [4.69, 9.17) is 14.6 Å². The molecule has 8 nitrogen and oxygen atoms in total. The van der Waals surface area contributed by atoms with E-state index in [0.29, 0.717) is 19.7 Å². The molecule has 4 aromatic rings. The largest absolute Gasteiger partial charge is 0.497 e. The molecule has 1 saturated heterocycles. The molecule has 2 aromatic carbocycles. The molecule has 1 fully saturated rings. The average Bonchev–Trinajstić information content (AvgIpc) is 3.37. The summed E-state index contributed by atoms with van der Waals surface area (Å²) in [6, 6.07) is 17.8. The van der Waals surface area contributed by atoms with Crippen molar-refractivity contribution in [2.45, 2.75) is 26.3 Å². The van der Waals surface area contributed by atoms with Crippen LogP contribution in [0.2, 0.25) is 0 Å². The first-order chi connectivity index (χ1) is 17.6. The molecule has 36 heavy (non-hydrogen) atoms. The molecule has 0 aliphatic carbocycles. The molecule has 0 unspecified atom stereocenters. The molecule has 1 atom stereocenters. The van der Waals surface area contributed by atoms with E-state index >= 15 is 0 Å².